The summed E-state index contributed by atoms with van der Waals surface area (Å²) in [6.07, 6.45) is 6.99. The van der Waals surface area contributed by atoms with Gasteiger partial charge < -0.3 is 0 Å². The molecule has 1 aliphatic carbocycles. The molecule has 0 N–H and O–H groups in total. The first kappa shape index (κ1) is 6.84. The Morgan fingerprint density at radius 3 is 2.62 bits per heavy atom. The number of rotatable bonds is 0. The second-order valence-electron chi connectivity index (χ2n) is 3.37. The first-order valence-electron chi connectivity index (χ1n) is 4.46. The summed E-state index contributed by atoms with van der Waals surface area (Å²) < 4.78 is 0. The number of hydrogen-bond acceptors (Lipinski definition) is 1. The molecule has 0 atom stereocenters. The van der Waals surface area contributed by atoms with Crippen LogP contribution in [0, 0.1) is 0 Å². The zero-order chi connectivity index (χ0) is 8.67. The third-order valence-corrected chi connectivity index (χ3v) is 2.59. The number of nitrogens with zero attached hydrogens (tertiary/aromatic N) is 1. The zero-order valence-corrected chi connectivity index (χ0v) is 7.20. The Kier molecular flexibility index (Phi) is 1.28. The van der Waals surface area contributed by atoms with Crippen molar-refractivity contribution in [2.75, 3.05) is 0 Å². The third-order valence-electron chi connectivity index (χ3n) is 2.59. The highest BCUT2D eigenvalue weighted by Crippen LogP contribution is 2.16. The van der Waals surface area contributed by atoms with Crippen molar-refractivity contribution in [1.29, 1.82) is 0 Å². The van der Waals surface area contributed by atoms with Crippen molar-refractivity contribution in [2.24, 2.45) is 4.99 Å². The van der Waals surface area contributed by atoms with Gasteiger partial charge in [0, 0.05) is 18.8 Å². The van der Waals surface area contributed by atoms with E-state index in [2.05, 4.69) is 35.3 Å². The van der Waals surface area contributed by atoms with Crippen molar-refractivity contribution in [3.8, 4) is 0 Å². The first-order chi connectivity index (χ1) is 6.45. The quantitative estimate of drug-likeness (QED) is 0.546. The number of fused-ring (bicyclic) bond motifs is 3. The van der Waals surface area contributed by atoms with E-state index in [1.165, 1.54) is 21.6 Å². The van der Waals surface area contributed by atoms with Gasteiger partial charge in [0.1, 0.15) is 0 Å². The SMILES string of the molecule is C1=CC2=c3ccccc3=C(C=N1)C2. The van der Waals surface area contributed by atoms with E-state index in [1.54, 1.807) is 0 Å². The molecule has 1 nitrogen and oxygen atoms in total. The van der Waals surface area contributed by atoms with Crippen molar-refractivity contribution in [3.63, 3.8) is 0 Å². The lowest BCUT2D eigenvalue weighted by Crippen LogP contribution is -2.23. The minimum absolute atomic E-state index is 1.04. The van der Waals surface area contributed by atoms with Crippen molar-refractivity contribution in [3.05, 3.63) is 47.0 Å². The van der Waals surface area contributed by atoms with E-state index in [9.17, 15) is 0 Å². The average Bonchev–Trinajstić information content (AvgIpc) is 2.35. The van der Waals surface area contributed by atoms with Gasteiger partial charge in [-0.25, -0.2) is 0 Å². The summed E-state index contributed by atoms with van der Waals surface area (Å²) in [7, 11) is 0. The van der Waals surface area contributed by atoms with E-state index in [1.807, 2.05) is 12.4 Å². The number of benzene rings is 1. The molecule has 0 unspecified atom stereocenters. The Labute approximate surface area is 76.4 Å². The highest BCUT2D eigenvalue weighted by atomic mass is 14.7. The van der Waals surface area contributed by atoms with Crippen LogP contribution in [0.1, 0.15) is 6.42 Å². The molecule has 0 amide bonds. The molecule has 1 aromatic carbocycles. The maximum absolute atomic E-state index is 4.19. The van der Waals surface area contributed by atoms with Crippen LogP contribution in [0.5, 0.6) is 0 Å². The van der Waals surface area contributed by atoms with Crippen LogP contribution in [0.2, 0.25) is 0 Å². The molecular weight excluding hydrogens is 158 g/mol. The maximum Gasteiger partial charge on any atom is 0.0309 e. The summed E-state index contributed by atoms with van der Waals surface area (Å²) in [5, 5.41) is 2.73. The summed E-state index contributed by atoms with van der Waals surface area (Å²) >= 11 is 0. The fourth-order valence-electron chi connectivity index (χ4n) is 1.97. The van der Waals surface area contributed by atoms with Gasteiger partial charge in [-0.1, -0.05) is 24.3 Å². The highest BCUT2D eigenvalue weighted by Gasteiger charge is 2.10. The van der Waals surface area contributed by atoms with Crippen molar-refractivity contribution < 1.29 is 0 Å². The Bertz CT molecular complexity index is 483. The topological polar surface area (TPSA) is 12.4 Å². The summed E-state index contributed by atoms with van der Waals surface area (Å²) in [4.78, 5) is 4.19. The molecule has 2 aliphatic rings. The van der Waals surface area contributed by atoms with Crippen LogP contribution in [0.25, 0.3) is 11.1 Å². The molecule has 1 heterocycles. The Morgan fingerprint density at radius 2 is 1.77 bits per heavy atom. The van der Waals surface area contributed by atoms with Gasteiger partial charge in [-0.05, 0) is 27.7 Å². The predicted molar refractivity (Wildman–Crippen MR) is 54.8 cm³/mol. The van der Waals surface area contributed by atoms with E-state index in [0.29, 0.717) is 0 Å². The molecule has 0 spiro atoms. The lowest BCUT2D eigenvalue weighted by molar-refractivity contribution is 1.50. The highest BCUT2D eigenvalue weighted by molar-refractivity contribution is 6.07. The van der Waals surface area contributed by atoms with Crippen LogP contribution in [0.4, 0.5) is 0 Å². The molecule has 62 valence electrons. The minimum Gasteiger partial charge on any atom is -0.264 e. The Morgan fingerprint density at radius 1 is 1.00 bits per heavy atom. The summed E-state index contributed by atoms with van der Waals surface area (Å²) in [5.41, 5.74) is 2.73. The standard InChI is InChI=1S/C12H9N/c1-2-4-12-10-7-9(11(12)3-1)5-6-13-8-10/h1-6,8H,7H2. The first-order valence-corrected chi connectivity index (χ1v) is 4.46. The number of aliphatic imine (C=N–C) groups is 1. The lowest BCUT2D eigenvalue weighted by atomic mass is 10.1. The van der Waals surface area contributed by atoms with E-state index in [0.717, 1.165) is 6.42 Å². The van der Waals surface area contributed by atoms with Crippen LogP contribution >= 0.6 is 0 Å². The van der Waals surface area contributed by atoms with Crippen molar-refractivity contribution >= 4 is 17.4 Å². The molecule has 0 aromatic heterocycles. The van der Waals surface area contributed by atoms with Crippen LogP contribution in [-0.2, 0) is 0 Å². The van der Waals surface area contributed by atoms with E-state index in [-0.39, 0.29) is 0 Å². The third kappa shape index (κ3) is 0.903. The van der Waals surface area contributed by atoms with Gasteiger partial charge in [-0.2, -0.15) is 0 Å². The molecule has 13 heavy (non-hydrogen) atoms. The average molecular weight is 167 g/mol. The number of allylic oxidation sites excluding steroid dienone is 1. The molecule has 1 aliphatic heterocycles. The van der Waals surface area contributed by atoms with Crippen molar-refractivity contribution in [1.82, 2.24) is 0 Å². The molecule has 3 rings (SSSR count). The van der Waals surface area contributed by atoms with E-state index < -0.39 is 0 Å². The summed E-state index contributed by atoms with van der Waals surface area (Å²) in [6.45, 7) is 0. The fraction of sp³-hybridized carbons (Fsp3) is 0.0833. The molecule has 1 heteroatoms. The van der Waals surface area contributed by atoms with E-state index in [4.69, 9.17) is 0 Å². The molecule has 1 aromatic rings. The fourth-order valence-corrected chi connectivity index (χ4v) is 1.97. The zero-order valence-electron chi connectivity index (χ0n) is 7.20. The van der Waals surface area contributed by atoms with Gasteiger partial charge in [0.15, 0.2) is 0 Å². The monoisotopic (exact) mass is 167 g/mol. The van der Waals surface area contributed by atoms with Crippen LogP contribution in [0.15, 0.2) is 41.5 Å². The number of hydrogen-bond donors (Lipinski definition) is 0. The molecular formula is C12H9N. The molecule has 2 bridgehead atoms. The largest absolute Gasteiger partial charge is 0.264 e. The van der Waals surface area contributed by atoms with Crippen LogP contribution < -0.4 is 10.4 Å². The normalized spacial score (nSPS) is 17.5. The molecule has 0 saturated carbocycles. The van der Waals surface area contributed by atoms with Gasteiger partial charge in [-0.3, -0.25) is 4.99 Å². The predicted octanol–water partition coefficient (Wildman–Crippen LogP) is 0.990. The molecule has 0 radical (unpaired) electrons. The van der Waals surface area contributed by atoms with Gasteiger partial charge in [-0.15, -0.1) is 0 Å². The van der Waals surface area contributed by atoms with Gasteiger partial charge >= 0.3 is 0 Å². The molecule has 0 saturated heterocycles. The summed E-state index contributed by atoms with van der Waals surface area (Å²) in [5.74, 6) is 0. The second kappa shape index (κ2) is 2.43. The second-order valence-corrected chi connectivity index (χ2v) is 3.37. The minimum atomic E-state index is 1.04. The Hall–Kier alpha value is -1.63. The Balaban J connectivity index is 2.57. The maximum atomic E-state index is 4.19. The van der Waals surface area contributed by atoms with E-state index >= 15 is 0 Å². The van der Waals surface area contributed by atoms with Crippen LogP contribution in [0.3, 0.4) is 0 Å². The van der Waals surface area contributed by atoms with Gasteiger partial charge in [0.2, 0.25) is 0 Å². The lowest BCUT2D eigenvalue weighted by Gasteiger charge is -1.89. The smallest absolute Gasteiger partial charge is 0.0309 e. The van der Waals surface area contributed by atoms with Crippen LogP contribution in [-0.4, -0.2) is 6.21 Å². The van der Waals surface area contributed by atoms with Crippen molar-refractivity contribution in [2.45, 2.75) is 6.42 Å². The molecule has 0 fully saturated rings. The summed E-state index contributed by atoms with van der Waals surface area (Å²) in [6, 6.07) is 8.53. The van der Waals surface area contributed by atoms with Gasteiger partial charge in [0.05, 0.1) is 0 Å². The van der Waals surface area contributed by atoms with Gasteiger partial charge in [0.25, 0.3) is 0 Å².